The molecule has 0 spiro atoms. The van der Waals surface area contributed by atoms with Crippen LogP contribution in [0.3, 0.4) is 0 Å². The van der Waals surface area contributed by atoms with Crippen LogP contribution in [0, 0.1) is 5.82 Å². The van der Waals surface area contributed by atoms with E-state index in [0.717, 1.165) is 10.6 Å². The highest BCUT2D eigenvalue weighted by atomic mass is 32.2. The van der Waals surface area contributed by atoms with Crippen LogP contribution in [0.5, 0.6) is 0 Å². The lowest BCUT2D eigenvalue weighted by molar-refractivity contribution is 0.102. The third-order valence-electron chi connectivity index (χ3n) is 3.08. The standard InChI is InChI=1S/C15H15FN2O3S/c1-18(22(2,20)21)12-7-5-6-11(10-12)17-15(19)13-8-3-4-9-14(13)16/h3-10H,1-2H3,(H,17,19). The van der Waals surface area contributed by atoms with E-state index in [1.165, 1.54) is 31.3 Å². The maximum Gasteiger partial charge on any atom is 0.258 e. The summed E-state index contributed by atoms with van der Waals surface area (Å²) in [5.74, 6) is -1.22. The first-order valence-electron chi connectivity index (χ1n) is 6.39. The number of sulfonamides is 1. The Morgan fingerprint density at radius 2 is 1.82 bits per heavy atom. The summed E-state index contributed by atoms with van der Waals surface area (Å²) in [4.78, 5) is 12.0. The minimum absolute atomic E-state index is 0.0793. The third-order valence-corrected chi connectivity index (χ3v) is 4.29. The molecule has 0 fully saturated rings. The molecule has 2 aromatic rings. The Bertz CT molecular complexity index is 806. The second-order valence-electron chi connectivity index (χ2n) is 4.71. The molecule has 0 aliphatic carbocycles. The number of amides is 1. The van der Waals surface area contributed by atoms with Gasteiger partial charge in [0.15, 0.2) is 0 Å². The molecule has 2 aromatic carbocycles. The maximum absolute atomic E-state index is 13.6. The lowest BCUT2D eigenvalue weighted by Gasteiger charge is -2.17. The second kappa shape index (κ2) is 6.15. The lowest BCUT2D eigenvalue weighted by atomic mass is 10.2. The van der Waals surface area contributed by atoms with Crippen molar-refractivity contribution in [3.8, 4) is 0 Å². The Morgan fingerprint density at radius 3 is 2.45 bits per heavy atom. The Hall–Kier alpha value is -2.41. The number of hydrogen-bond acceptors (Lipinski definition) is 3. The van der Waals surface area contributed by atoms with E-state index < -0.39 is 21.7 Å². The van der Waals surface area contributed by atoms with Crippen LogP contribution in [0.15, 0.2) is 48.5 Å². The number of halogens is 1. The number of nitrogens with one attached hydrogen (secondary N) is 1. The minimum Gasteiger partial charge on any atom is -0.322 e. The molecule has 5 nitrogen and oxygen atoms in total. The van der Waals surface area contributed by atoms with Gasteiger partial charge >= 0.3 is 0 Å². The molecule has 0 saturated heterocycles. The lowest BCUT2D eigenvalue weighted by Crippen LogP contribution is -2.25. The molecular formula is C15H15FN2O3S. The fourth-order valence-electron chi connectivity index (χ4n) is 1.81. The van der Waals surface area contributed by atoms with E-state index in [2.05, 4.69) is 5.32 Å². The molecule has 0 saturated carbocycles. The van der Waals surface area contributed by atoms with E-state index in [1.54, 1.807) is 24.3 Å². The normalized spacial score (nSPS) is 11.0. The molecule has 0 atom stereocenters. The minimum atomic E-state index is -3.40. The largest absolute Gasteiger partial charge is 0.322 e. The number of hydrogen-bond donors (Lipinski definition) is 1. The molecule has 0 aliphatic rings. The summed E-state index contributed by atoms with van der Waals surface area (Å²) in [7, 11) is -1.99. The first kappa shape index (κ1) is 16.0. The van der Waals surface area contributed by atoms with Crippen molar-refractivity contribution >= 4 is 27.3 Å². The van der Waals surface area contributed by atoms with Crippen molar-refractivity contribution in [3.63, 3.8) is 0 Å². The van der Waals surface area contributed by atoms with Gasteiger partial charge in [-0.2, -0.15) is 0 Å². The third kappa shape index (κ3) is 3.62. The van der Waals surface area contributed by atoms with Crippen LogP contribution in [0.4, 0.5) is 15.8 Å². The van der Waals surface area contributed by atoms with Gasteiger partial charge in [0.1, 0.15) is 5.82 Å². The highest BCUT2D eigenvalue weighted by molar-refractivity contribution is 7.92. The Balaban J connectivity index is 2.25. The fourth-order valence-corrected chi connectivity index (χ4v) is 2.31. The number of rotatable bonds is 4. The highest BCUT2D eigenvalue weighted by Gasteiger charge is 2.14. The van der Waals surface area contributed by atoms with Crippen LogP contribution in [-0.4, -0.2) is 27.6 Å². The molecule has 0 aromatic heterocycles. The number of nitrogens with zero attached hydrogens (tertiary/aromatic N) is 1. The average molecular weight is 322 g/mol. The number of carbonyl (C=O) groups excluding carboxylic acids is 1. The summed E-state index contributed by atoms with van der Waals surface area (Å²) < 4.78 is 37.7. The van der Waals surface area contributed by atoms with Gasteiger partial charge in [-0.1, -0.05) is 18.2 Å². The number of carbonyl (C=O) groups is 1. The van der Waals surface area contributed by atoms with Gasteiger partial charge in [-0.3, -0.25) is 9.10 Å². The topological polar surface area (TPSA) is 66.5 Å². The number of anilines is 2. The average Bonchev–Trinajstić information content (AvgIpc) is 2.46. The van der Waals surface area contributed by atoms with Crippen molar-refractivity contribution in [2.75, 3.05) is 22.9 Å². The van der Waals surface area contributed by atoms with Gasteiger partial charge in [0.2, 0.25) is 10.0 Å². The van der Waals surface area contributed by atoms with Crippen LogP contribution < -0.4 is 9.62 Å². The Kier molecular flexibility index (Phi) is 4.46. The molecule has 0 radical (unpaired) electrons. The summed E-state index contributed by atoms with van der Waals surface area (Å²) in [5, 5.41) is 2.55. The van der Waals surface area contributed by atoms with E-state index in [-0.39, 0.29) is 5.56 Å². The highest BCUT2D eigenvalue weighted by Crippen LogP contribution is 2.21. The molecule has 116 valence electrons. The molecule has 2 rings (SSSR count). The van der Waals surface area contributed by atoms with Gasteiger partial charge in [0, 0.05) is 12.7 Å². The van der Waals surface area contributed by atoms with Gasteiger partial charge in [-0.25, -0.2) is 12.8 Å². The second-order valence-corrected chi connectivity index (χ2v) is 6.73. The summed E-state index contributed by atoms with van der Waals surface area (Å²) in [6.07, 6.45) is 1.08. The number of benzene rings is 2. The molecule has 0 aliphatic heterocycles. The van der Waals surface area contributed by atoms with Crippen molar-refractivity contribution in [2.45, 2.75) is 0 Å². The maximum atomic E-state index is 13.6. The summed E-state index contributed by atoms with van der Waals surface area (Å²) in [5.41, 5.74) is 0.694. The van der Waals surface area contributed by atoms with Crippen molar-refractivity contribution in [1.29, 1.82) is 0 Å². The molecule has 0 heterocycles. The summed E-state index contributed by atoms with van der Waals surface area (Å²) in [6.45, 7) is 0. The molecule has 7 heteroatoms. The Labute approximate surface area is 128 Å². The van der Waals surface area contributed by atoms with Gasteiger partial charge in [0.25, 0.3) is 5.91 Å². The summed E-state index contributed by atoms with van der Waals surface area (Å²) in [6, 6.07) is 11.9. The monoisotopic (exact) mass is 322 g/mol. The van der Waals surface area contributed by atoms with E-state index in [9.17, 15) is 17.6 Å². The molecule has 0 bridgehead atoms. The van der Waals surface area contributed by atoms with Crippen LogP contribution >= 0.6 is 0 Å². The molecule has 22 heavy (non-hydrogen) atoms. The predicted molar refractivity (Wildman–Crippen MR) is 84.0 cm³/mol. The van der Waals surface area contributed by atoms with Gasteiger partial charge < -0.3 is 5.32 Å². The van der Waals surface area contributed by atoms with Gasteiger partial charge in [-0.05, 0) is 30.3 Å². The first-order valence-corrected chi connectivity index (χ1v) is 8.24. The van der Waals surface area contributed by atoms with Gasteiger partial charge in [0.05, 0.1) is 17.5 Å². The molecule has 0 unspecified atom stereocenters. The van der Waals surface area contributed by atoms with Crippen LogP contribution in [0.25, 0.3) is 0 Å². The van der Waals surface area contributed by atoms with E-state index in [4.69, 9.17) is 0 Å². The van der Waals surface area contributed by atoms with Crippen LogP contribution in [0.1, 0.15) is 10.4 Å². The zero-order valence-corrected chi connectivity index (χ0v) is 12.9. The van der Waals surface area contributed by atoms with Crippen molar-refractivity contribution in [1.82, 2.24) is 0 Å². The zero-order valence-electron chi connectivity index (χ0n) is 12.1. The van der Waals surface area contributed by atoms with Crippen LogP contribution in [0.2, 0.25) is 0 Å². The molecule has 1 N–H and O–H groups in total. The van der Waals surface area contributed by atoms with E-state index in [0.29, 0.717) is 11.4 Å². The van der Waals surface area contributed by atoms with E-state index >= 15 is 0 Å². The van der Waals surface area contributed by atoms with Crippen molar-refractivity contribution in [2.24, 2.45) is 0 Å². The van der Waals surface area contributed by atoms with Crippen LogP contribution in [-0.2, 0) is 10.0 Å². The SMILES string of the molecule is CN(c1cccc(NC(=O)c2ccccc2F)c1)S(C)(=O)=O. The van der Waals surface area contributed by atoms with Gasteiger partial charge in [-0.15, -0.1) is 0 Å². The van der Waals surface area contributed by atoms with Crippen molar-refractivity contribution < 1.29 is 17.6 Å². The van der Waals surface area contributed by atoms with E-state index in [1.807, 2.05) is 0 Å². The zero-order chi connectivity index (χ0) is 16.3. The predicted octanol–water partition coefficient (Wildman–Crippen LogP) is 2.47. The Morgan fingerprint density at radius 1 is 1.14 bits per heavy atom. The first-order chi connectivity index (χ1) is 10.3. The quantitative estimate of drug-likeness (QED) is 0.940. The van der Waals surface area contributed by atoms with Crippen molar-refractivity contribution in [3.05, 3.63) is 59.9 Å². The molecule has 1 amide bonds. The summed E-state index contributed by atoms with van der Waals surface area (Å²) >= 11 is 0. The smallest absolute Gasteiger partial charge is 0.258 e. The fraction of sp³-hybridized carbons (Fsp3) is 0.133. The molecular weight excluding hydrogens is 307 g/mol.